The number of azo groups is 2. The van der Waals surface area contributed by atoms with Gasteiger partial charge in [0.1, 0.15) is 15.5 Å². The molecule has 7 rings (SSSR count). The summed E-state index contributed by atoms with van der Waals surface area (Å²) in [6, 6.07) is 20.9. The number of benzene rings is 6. The summed E-state index contributed by atoms with van der Waals surface area (Å²) in [6.45, 7) is 0. The fraction of sp³-hybridized carbons (Fsp3) is 0. The van der Waals surface area contributed by atoms with Crippen molar-refractivity contribution in [3.8, 4) is 5.75 Å². The summed E-state index contributed by atoms with van der Waals surface area (Å²) < 4.78 is 102. The van der Waals surface area contributed by atoms with Crippen molar-refractivity contribution < 1.29 is 53.6 Å². The second-order valence-electron chi connectivity index (χ2n) is 11.8. The van der Waals surface area contributed by atoms with Gasteiger partial charge in [-0.2, -0.15) is 30.4 Å². The summed E-state index contributed by atoms with van der Waals surface area (Å²) in [5, 5.41) is 27.0. The highest BCUT2D eigenvalue weighted by Crippen LogP contribution is 2.44. The summed E-state index contributed by atoms with van der Waals surface area (Å²) in [4.78, 5) is 24.4. The number of anilines is 2. The Balaban J connectivity index is 1.28. The molecule has 0 unspecified atom stereocenters. The first-order valence-corrected chi connectivity index (χ1v) is 19.6. The van der Waals surface area contributed by atoms with E-state index in [4.69, 9.17) is 5.73 Å². The molecule has 1 aliphatic heterocycles. The SMILES string of the molecule is Nc1cc2c(O)c(/N=N/c3ccc(/N=N/c4ccc(N5C(=O)c6ccccc6C5=O)cc4)c4ccc(S(=O)(=O)O)cc34)c(S(=O)(=O)O)cc2cc1S(=O)(=O)O. The summed E-state index contributed by atoms with van der Waals surface area (Å²) in [7, 11) is -14.8. The second kappa shape index (κ2) is 13.1. The molecule has 0 aliphatic carbocycles. The van der Waals surface area contributed by atoms with Gasteiger partial charge in [0.25, 0.3) is 42.2 Å². The molecule has 0 spiro atoms. The predicted octanol–water partition coefficient (Wildman–Crippen LogP) is 6.65. The number of hydrogen-bond donors (Lipinski definition) is 5. The number of imide groups is 1. The van der Waals surface area contributed by atoms with Crippen molar-refractivity contribution in [2.24, 2.45) is 20.5 Å². The van der Waals surface area contributed by atoms with Crippen molar-refractivity contribution in [1.82, 2.24) is 0 Å². The highest BCUT2D eigenvalue weighted by atomic mass is 32.2. The summed E-state index contributed by atoms with van der Waals surface area (Å²) in [6.07, 6.45) is 0. The fourth-order valence-corrected chi connectivity index (χ4v) is 7.64. The molecule has 18 nitrogen and oxygen atoms in total. The number of phenolic OH excluding ortho intramolecular Hbond substituents is 1. The summed E-state index contributed by atoms with van der Waals surface area (Å²) >= 11 is 0. The first kappa shape index (κ1) is 36.9. The number of fused-ring (bicyclic) bond motifs is 3. The molecule has 55 heavy (non-hydrogen) atoms. The molecule has 1 heterocycles. The van der Waals surface area contributed by atoms with E-state index < -0.39 is 74.0 Å². The number of nitrogens with zero attached hydrogens (tertiary/aromatic N) is 5. The van der Waals surface area contributed by atoms with Crippen LogP contribution in [0.5, 0.6) is 5.75 Å². The smallest absolute Gasteiger partial charge is 0.296 e. The molecule has 21 heteroatoms. The van der Waals surface area contributed by atoms with Crippen LogP contribution < -0.4 is 10.6 Å². The third-order valence-electron chi connectivity index (χ3n) is 8.41. The molecule has 0 radical (unpaired) electrons. The third-order valence-corrected chi connectivity index (χ3v) is 11.0. The number of nitrogens with two attached hydrogens (primary N) is 1. The lowest BCUT2D eigenvalue weighted by Gasteiger charge is -2.13. The van der Waals surface area contributed by atoms with Crippen LogP contribution in [-0.4, -0.2) is 55.8 Å². The van der Waals surface area contributed by atoms with E-state index in [1.54, 1.807) is 24.3 Å². The van der Waals surface area contributed by atoms with Crippen LogP contribution in [0.25, 0.3) is 21.5 Å². The molecule has 0 atom stereocenters. The largest absolute Gasteiger partial charge is 0.505 e. The van der Waals surface area contributed by atoms with E-state index >= 15 is 0 Å². The molecule has 0 saturated carbocycles. The second-order valence-corrected chi connectivity index (χ2v) is 16.0. The van der Waals surface area contributed by atoms with Gasteiger partial charge >= 0.3 is 0 Å². The Bertz CT molecular complexity index is 3040. The van der Waals surface area contributed by atoms with Gasteiger partial charge in [-0.3, -0.25) is 23.2 Å². The van der Waals surface area contributed by atoms with Gasteiger partial charge in [0.05, 0.1) is 44.5 Å². The van der Waals surface area contributed by atoms with E-state index in [0.29, 0.717) is 11.4 Å². The Hall–Kier alpha value is -6.49. The van der Waals surface area contributed by atoms with Gasteiger partial charge in [-0.15, -0.1) is 15.3 Å². The van der Waals surface area contributed by atoms with Gasteiger partial charge in [0, 0.05) is 16.2 Å². The van der Waals surface area contributed by atoms with E-state index in [-0.39, 0.29) is 44.0 Å². The number of rotatable bonds is 8. The van der Waals surface area contributed by atoms with Gasteiger partial charge < -0.3 is 10.8 Å². The molecule has 0 saturated heterocycles. The molecular weight excluding hydrogens is 781 g/mol. The Morgan fingerprint density at radius 1 is 0.564 bits per heavy atom. The molecular formula is C34H22N6O12S3. The number of phenols is 1. The van der Waals surface area contributed by atoms with E-state index in [2.05, 4.69) is 20.5 Å². The van der Waals surface area contributed by atoms with Crippen molar-refractivity contribution in [1.29, 1.82) is 0 Å². The van der Waals surface area contributed by atoms with Crippen molar-refractivity contribution in [2.75, 3.05) is 10.6 Å². The topological polar surface area (TPSA) is 296 Å². The lowest BCUT2D eigenvalue weighted by molar-refractivity contribution is 0.0926. The zero-order chi connectivity index (χ0) is 39.6. The van der Waals surface area contributed by atoms with Gasteiger partial charge in [-0.1, -0.05) is 18.2 Å². The van der Waals surface area contributed by atoms with Gasteiger partial charge in [0.2, 0.25) is 0 Å². The lowest BCUT2D eigenvalue weighted by Crippen LogP contribution is -2.29. The predicted molar refractivity (Wildman–Crippen MR) is 196 cm³/mol. The average molecular weight is 803 g/mol. The molecule has 1 aliphatic rings. The average Bonchev–Trinajstić information content (AvgIpc) is 3.38. The van der Waals surface area contributed by atoms with Crippen LogP contribution in [0.2, 0.25) is 0 Å². The lowest BCUT2D eigenvalue weighted by atomic mass is 10.1. The van der Waals surface area contributed by atoms with E-state index in [9.17, 15) is 53.6 Å². The highest BCUT2D eigenvalue weighted by Gasteiger charge is 2.36. The number of hydrogen-bond acceptors (Lipinski definition) is 14. The van der Waals surface area contributed by atoms with E-state index in [1.807, 2.05) is 0 Å². The van der Waals surface area contributed by atoms with Crippen LogP contribution in [0.15, 0.2) is 132 Å². The molecule has 6 aromatic carbocycles. The fourth-order valence-electron chi connectivity index (χ4n) is 5.85. The van der Waals surface area contributed by atoms with Crippen molar-refractivity contribution in [2.45, 2.75) is 14.7 Å². The number of amides is 2. The molecule has 0 bridgehead atoms. The van der Waals surface area contributed by atoms with Crippen LogP contribution in [-0.2, 0) is 30.4 Å². The maximum absolute atomic E-state index is 12.9. The first-order chi connectivity index (χ1) is 25.8. The van der Waals surface area contributed by atoms with E-state index in [1.165, 1.54) is 42.5 Å². The molecule has 278 valence electrons. The molecule has 6 aromatic rings. The van der Waals surface area contributed by atoms with E-state index in [0.717, 1.165) is 35.2 Å². The summed E-state index contributed by atoms with van der Waals surface area (Å²) in [5.41, 5.74) is 5.55. The highest BCUT2D eigenvalue weighted by molar-refractivity contribution is 7.86. The number of nitrogen functional groups attached to an aromatic ring is 1. The minimum Gasteiger partial charge on any atom is -0.505 e. The van der Waals surface area contributed by atoms with Crippen LogP contribution in [0.1, 0.15) is 20.7 Å². The van der Waals surface area contributed by atoms with Crippen LogP contribution in [0.3, 0.4) is 0 Å². The molecule has 0 fully saturated rings. The molecule has 6 N–H and O–H groups in total. The number of carbonyl (C=O) groups excluding carboxylic acids is 2. The first-order valence-electron chi connectivity index (χ1n) is 15.3. The van der Waals surface area contributed by atoms with Crippen LogP contribution in [0, 0.1) is 0 Å². The van der Waals surface area contributed by atoms with Crippen molar-refractivity contribution in [3.05, 3.63) is 108 Å². The Labute approximate surface area is 310 Å². The van der Waals surface area contributed by atoms with Crippen LogP contribution in [0.4, 0.5) is 34.1 Å². The Morgan fingerprint density at radius 2 is 1.13 bits per heavy atom. The third kappa shape index (κ3) is 6.78. The Kier molecular flexibility index (Phi) is 8.79. The van der Waals surface area contributed by atoms with Gasteiger partial charge in [-0.25, -0.2) is 4.90 Å². The number of aromatic hydroxyl groups is 1. The standard InChI is InChI=1S/C34H22N6O12S3/c35-26-16-24-17(13-29(26)54(47,48)49)14-30(55(50,51)52)31(32(24)41)39-38-28-12-11-27(21-10-9-20(15-25(21)28)53(44,45)46)37-36-18-5-7-19(8-6-18)40-33(42)22-3-1-2-4-23(22)34(40)43/h1-16,41H,35H2,(H,44,45,46)(H,47,48,49)(H,50,51,52)/b37-36+,39-38+. The van der Waals surface area contributed by atoms with Gasteiger partial charge in [0.15, 0.2) is 5.75 Å². The number of carbonyl (C=O) groups is 2. The van der Waals surface area contributed by atoms with Crippen molar-refractivity contribution in [3.63, 3.8) is 0 Å². The summed E-state index contributed by atoms with van der Waals surface area (Å²) in [5.74, 6) is -1.87. The zero-order valence-electron chi connectivity index (χ0n) is 27.3. The molecule has 0 aromatic heterocycles. The van der Waals surface area contributed by atoms with Crippen LogP contribution >= 0.6 is 0 Å². The normalized spacial score (nSPS) is 13.8. The minimum absolute atomic E-state index is 0.00739. The maximum atomic E-state index is 12.9. The van der Waals surface area contributed by atoms with Crippen molar-refractivity contribution >= 4 is 97.8 Å². The van der Waals surface area contributed by atoms with Gasteiger partial charge in [-0.05, 0) is 84.2 Å². The zero-order valence-corrected chi connectivity index (χ0v) is 29.8. The molecule has 2 amide bonds. The quantitative estimate of drug-likeness (QED) is 0.0466. The minimum atomic E-state index is -5.18. The monoisotopic (exact) mass is 802 g/mol. The Morgan fingerprint density at radius 3 is 1.71 bits per heavy atom. The maximum Gasteiger partial charge on any atom is 0.296 e.